The zero-order chi connectivity index (χ0) is 22.2. The molecule has 3 rings (SSSR count). The van der Waals surface area contributed by atoms with Gasteiger partial charge in [0.1, 0.15) is 23.1 Å². The van der Waals surface area contributed by atoms with Gasteiger partial charge in [0.25, 0.3) is 0 Å². The normalized spacial score (nSPS) is 11.1. The van der Waals surface area contributed by atoms with Gasteiger partial charge in [-0.15, -0.1) is 0 Å². The van der Waals surface area contributed by atoms with Gasteiger partial charge in [0.05, 0.1) is 23.9 Å². The molecule has 0 amide bonds. The number of nitrogens with zero attached hydrogens (tertiary/aromatic N) is 3. The molecular formula is C24H22ClN3O3. The highest BCUT2D eigenvalue weighted by Gasteiger charge is 2.17. The zero-order valence-corrected chi connectivity index (χ0v) is 18.1. The molecule has 0 aliphatic rings. The molecule has 0 atom stereocenters. The van der Waals surface area contributed by atoms with E-state index in [2.05, 4.69) is 5.10 Å². The molecule has 0 aliphatic heterocycles. The fourth-order valence-electron chi connectivity index (χ4n) is 2.91. The molecule has 1 heterocycles. The Bertz CT molecular complexity index is 1130. The van der Waals surface area contributed by atoms with Crippen LogP contribution in [-0.4, -0.2) is 29.0 Å². The molecular weight excluding hydrogens is 414 g/mol. The molecule has 1 aromatic heterocycles. The molecule has 0 bridgehead atoms. The molecule has 31 heavy (non-hydrogen) atoms. The maximum absolute atomic E-state index is 12.1. The molecule has 0 saturated heterocycles. The molecule has 0 fully saturated rings. The van der Waals surface area contributed by atoms with Gasteiger partial charge in [-0.3, -0.25) is 0 Å². The van der Waals surface area contributed by atoms with Crippen LogP contribution in [-0.2, 0) is 9.53 Å². The van der Waals surface area contributed by atoms with E-state index in [-0.39, 0.29) is 12.2 Å². The molecule has 158 valence electrons. The maximum Gasteiger partial charge on any atom is 0.348 e. The molecule has 0 N–H and O–H groups in total. The highest BCUT2D eigenvalue weighted by molar-refractivity contribution is 6.32. The van der Waals surface area contributed by atoms with Gasteiger partial charge >= 0.3 is 5.97 Å². The van der Waals surface area contributed by atoms with Crippen LogP contribution >= 0.6 is 11.6 Å². The minimum atomic E-state index is -0.676. The van der Waals surface area contributed by atoms with Crippen molar-refractivity contribution in [3.8, 4) is 28.8 Å². The quantitative estimate of drug-likeness (QED) is 0.267. The minimum Gasteiger partial charge on any atom is -0.492 e. The lowest BCUT2D eigenvalue weighted by Gasteiger charge is -2.08. The lowest BCUT2D eigenvalue weighted by Crippen LogP contribution is -2.06. The number of carbonyl (C=O) groups excluding carboxylic acids is 1. The third-order valence-corrected chi connectivity index (χ3v) is 4.64. The van der Waals surface area contributed by atoms with E-state index in [0.29, 0.717) is 28.6 Å². The topological polar surface area (TPSA) is 77.1 Å². The summed E-state index contributed by atoms with van der Waals surface area (Å²) in [5.74, 6) is -0.0826. The van der Waals surface area contributed by atoms with Crippen molar-refractivity contribution in [3.63, 3.8) is 0 Å². The van der Waals surface area contributed by atoms with E-state index >= 15 is 0 Å². The van der Waals surface area contributed by atoms with Crippen molar-refractivity contribution in [3.05, 3.63) is 70.9 Å². The smallest absolute Gasteiger partial charge is 0.348 e. The van der Waals surface area contributed by atoms with E-state index in [1.165, 1.54) is 6.08 Å². The Morgan fingerprint density at radius 3 is 2.65 bits per heavy atom. The van der Waals surface area contributed by atoms with Gasteiger partial charge in [-0.25, -0.2) is 9.48 Å². The number of hydrogen-bond donors (Lipinski definition) is 0. The Morgan fingerprint density at radius 1 is 1.23 bits per heavy atom. The number of esters is 1. The Hall–Kier alpha value is -3.56. The number of halogens is 1. The number of benzene rings is 2. The van der Waals surface area contributed by atoms with Gasteiger partial charge in [0, 0.05) is 17.3 Å². The first-order valence-electron chi connectivity index (χ1n) is 9.94. The summed E-state index contributed by atoms with van der Waals surface area (Å²) in [6.45, 7) is 4.47. The highest BCUT2D eigenvalue weighted by atomic mass is 35.5. The van der Waals surface area contributed by atoms with Gasteiger partial charge < -0.3 is 9.47 Å². The summed E-state index contributed by atoms with van der Waals surface area (Å²) >= 11 is 6.41. The number of nitriles is 1. The number of ether oxygens (including phenoxy) is 2. The van der Waals surface area contributed by atoms with Gasteiger partial charge in [0.15, 0.2) is 0 Å². The highest BCUT2D eigenvalue weighted by Crippen LogP contribution is 2.32. The summed E-state index contributed by atoms with van der Waals surface area (Å²) in [7, 11) is 0. The first-order chi connectivity index (χ1) is 15.1. The van der Waals surface area contributed by atoms with Gasteiger partial charge in [-0.2, -0.15) is 10.4 Å². The SMILES string of the molecule is CCCOc1ccc(-c2nn(-c3ccccc3)cc2/C=C(/C#N)C(=O)OCC)cc1Cl. The van der Waals surface area contributed by atoms with Crippen molar-refractivity contribution in [2.75, 3.05) is 13.2 Å². The average molecular weight is 436 g/mol. The second-order valence-electron chi connectivity index (χ2n) is 6.60. The van der Waals surface area contributed by atoms with E-state index in [1.54, 1.807) is 29.9 Å². The predicted molar refractivity (Wildman–Crippen MR) is 120 cm³/mol. The van der Waals surface area contributed by atoms with E-state index in [0.717, 1.165) is 17.7 Å². The van der Waals surface area contributed by atoms with E-state index in [1.807, 2.05) is 49.4 Å². The van der Waals surface area contributed by atoms with Crippen molar-refractivity contribution >= 4 is 23.6 Å². The number of carbonyl (C=O) groups is 1. The van der Waals surface area contributed by atoms with Crippen molar-refractivity contribution < 1.29 is 14.3 Å². The number of para-hydroxylation sites is 1. The van der Waals surface area contributed by atoms with Gasteiger partial charge in [-0.1, -0.05) is 36.7 Å². The third kappa shape index (κ3) is 5.33. The van der Waals surface area contributed by atoms with Crippen LogP contribution in [0, 0.1) is 11.3 Å². The lowest BCUT2D eigenvalue weighted by atomic mass is 10.1. The van der Waals surface area contributed by atoms with Crippen LogP contribution in [0.2, 0.25) is 5.02 Å². The fourth-order valence-corrected chi connectivity index (χ4v) is 3.14. The van der Waals surface area contributed by atoms with E-state index in [9.17, 15) is 10.1 Å². The van der Waals surface area contributed by atoms with Crippen LogP contribution in [0.1, 0.15) is 25.8 Å². The van der Waals surface area contributed by atoms with Gasteiger partial charge in [-0.05, 0) is 49.8 Å². The molecule has 0 spiro atoms. The fraction of sp³-hybridized carbons (Fsp3) is 0.208. The summed E-state index contributed by atoms with van der Waals surface area (Å²) < 4.78 is 12.3. The van der Waals surface area contributed by atoms with Crippen LogP contribution in [0.15, 0.2) is 60.3 Å². The summed E-state index contributed by atoms with van der Waals surface area (Å²) in [5.41, 5.74) is 2.63. The first kappa shape index (κ1) is 22.1. The van der Waals surface area contributed by atoms with Crippen molar-refractivity contribution in [2.45, 2.75) is 20.3 Å². The van der Waals surface area contributed by atoms with Crippen LogP contribution in [0.5, 0.6) is 5.75 Å². The lowest BCUT2D eigenvalue weighted by molar-refractivity contribution is -0.137. The summed E-state index contributed by atoms with van der Waals surface area (Å²) in [6.07, 6.45) is 4.12. The van der Waals surface area contributed by atoms with Crippen molar-refractivity contribution in [2.24, 2.45) is 0 Å². The molecule has 2 aromatic carbocycles. The van der Waals surface area contributed by atoms with E-state index in [4.69, 9.17) is 21.1 Å². The Morgan fingerprint density at radius 2 is 2.00 bits per heavy atom. The number of rotatable bonds is 8. The van der Waals surface area contributed by atoms with E-state index < -0.39 is 5.97 Å². The standard InChI is InChI=1S/C24H22ClN3O3/c1-3-12-31-22-11-10-17(14-21(22)25)23-19(13-18(15-26)24(29)30-4-2)16-28(27-23)20-8-6-5-7-9-20/h5-11,13-14,16H,3-4,12H2,1-2H3/b18-13-. The Kier molecular flexibility index (Phi) is 7.47. The third-order valence-electron chi connectivity index (χ3n) is 4.35. The summed E-state index contributed by atoms with van der Waals surface area (Å²) in [4.78, 5) is 12.1. The van der Waals surface area contributed by atoms with Crippen LogP contribution in [0.3, 0.4) is 0 Å². The second kappa shape index (κ2) is 10.5. The Balaban J connectivity index is 2.10. The maximum atomic E-state index is 12.1. The zero-order valence-electron chi connectivity index (χ0n) is 17.3. The molecule has 6 nitrogen and oxygen atoms in total. The van der Waals surface area contributed by atoms with Crippen molar-refractivity contribution in [1.82, 2.24) is 9.78 Å². The van der Waals surface area contributed by atoms with Gasteiger partial charge in [0.2, 0.25) is 0 Å². The summed E-state index contributed by atoms with van der Waals surface area (Å²) in [5, 5.41) is 14.6. The first-order valence-corrected chi connectivity index (χ1v) is 10.3. The van der Waals surface area contributed by atoms with Crippen LogP contribution in [0.4, 0.5) is 0 Å². The molecule has 0 radical (unpaired) electrons. The molecule has 3 aromatic rings. The second-order valence-corrected chi connectivity index (χ2v) is 7.00. The molecule has 0 aliphatic carbocycles. The largest absolute Gasteiger partial charge is 0.492 e. The molecule has 7 heteroatoms. The van der Waals surface area contributed by atoms with Crippen LogP contribution in [0.25, 0.3) is 23.0 Å². The number of aromatic nitrogens is 2. The monoisotopic (exact) mass is 435 g/mol. The number of hydrogen-bond acceptors (Lipinski definition) is 5. The minimum absolute atomic E-state index is 0.107. The summed E-state index contributed by atoms with van der Waals surface area (Å²) in [6, 6.07) is 16.9. The van der Waals surface area contributed by atoms with Crippen molar-refractivity contribution in [1.29, 1.82) is 5.26 Å². The van der Waals surface area contributed by atoms with Crippen LogP contribution < -0.4 is 4.74 Å². The molecule has 0 saturated carbocycles. The predicted octanol–water partition coefficient (Wildman–Crippen LogP) is 5.45. The Labute approximate surface area is 186 Å². The average Bonchev–Trinajstić information content (AvgIpc) is 3.21. The molecule has 0 unspecified atom stereocenters.